The second-order valence-electron chi connectivity index (χ2n) is 8.54. The van der Waals surface area contributed by atoms with Gasteiger partial charge < -0.3 is 9.32 Å². The highest BCUT2D eigenvalue weighted by Crippen LogP contribution is 2.51. The molecule has 0 fully saturated rings. The van der Waals surface area contributed by atoms with Crippen LogP contribution in [0, 0.1) is 0 Å². The SMILES string of the molecule is CC1(C)CCN2CCC(C)(C)c3c2c1cc1cc(C(=O)Cl)c(=O)oc31. The first-order chi connectivity index (χ1) is 11.6. The fourth-order valence-corrected chi connectivity index (χ4v) is 4.42. The van der Waals surface area contributed by atoms with Crippen molar-refractivity contribution in [1.29, 1.82) is 0 Å². The van der Waals surface area contributed by atoms with Crippen LogP contribution in [0.25, 0.3) is 11.0 Å². The molecule has 0 bridgehead atoms. The molecule has 2 aliphatic rings. The van der Waals surface area contributed by atoms with Crippen molar-refractivity contribution >= 4 is 33.5 Å². The number of hydrogen-bond donors (Lipinski definition) is 0. The van der Waals surface area contributed by atoms with E-state index in [-0.39, 0.29) is 16.4 Å². The normalized spacial score (nSPS) is 20.4. The number of carbonyl (C=O) groups is 1. The standard InChI is InChI=1S/C20H22ClNO3/c1-19(2)5-7-22-8-6-20(3,4)14-15(22)13(19)10-11-9-12(17(21)23)18(24)25-16(11)14/h9-10H,5-8H2,1-4H3. The van der Waals surface area contributed by atoms with E-state index in [1.165, 1.54) is 11.3 Å². The largest absolute Gasteiger partial charge is 0.422 e. The molecular weight excluding hydrogens is 338 g/mol. The number of benzene rings is 1. The van der Waals surface area contributed by atoms with Crippen molar-refractivity contribution in [2.45, 2.75) is 51.4 Å². The molecule has 0 unspecified atom stereocenters. The van der Waals surface area contributed by atoms with Crippen LogP contribution >= 0.6 is 11.6 Å². The van der Waals surface area contributed by atoms with Crippen LogP contribution in [0.1, 0.15) is 62.0 Å². The zero-order valence-electron chi connectivity index (χ0n) is 15.0. The Hall–Kier alpha value is -1.81. The van der Waals surface area contributed by atoms with E-state index < -0.39 is 10.9 Å². The summed E-state index contributed by atoms with van der Waals surface area (Å²) in [5, 5.41) is 0.00408. The number of nitrogens with zero attached hydrogens (tertiary/aromatic N) is 1. The van der Waals surface area contributed by atoms with Crippen molar-refractivity contribution in [2.75, 3.05) is 18.0 Å². The predicted molar refractivity (Wildman–Crippen MR) is 100 cm³/mol. The molecule has 0 saturated carbocycles. The van der Waals surface area contributed by atoms with Crippen LogP contribution in [0.5, 0.6) is 0 Å². The van der Waals surface area contributed by atoms with E-state index in [0.29, 0.717) is 5.58 Å². The third-order valence-corrected chi connectivity index (χ3v) is 6.15. The first-order valence-electron chi connectivity index (χ1n) is 8.72. The first-order valence-corrected chi connectivity index (χ1v) is 9.10. The summed E-state index contributed by atoms with van der Waals surface area (Å²) in [6.45, 7) is 10.9. The van der Waals surface area contributed by atoms with Crippen LogP contribution in [0.4, 0.5) is 5.69 Å². The maximum absolute atomic E-state index is 12.3. The van der Waals surface area contributed by atoms with Crippen molar-refractivity contribution in [3.63, 3.8) is 0 Å². The zero-order chi connectivity index (χ0) is 18.1. The summed E-state index contributed by atoms with van der Waals surface area (Å²) in [7, 11) is 0. The van der Waals surface area contributed by atoms with Gasteiger partial charge in [0.2, 0.25) is 0 Å². The third-order valence-electron chi connectivity index (χ3n) is 5.94. The van der Waals surface area contributed by atoms with Gasteiger partial charge in [-0.1, -0.05) is 27.7 Å². The minimum Gasteiger partial charge on any atom is -0.422 e. The lowest BCUT2D eigenvalue weighted by atomic mass is 9.69. The molecule has 2 aliphatic heterocycles. The first kappa shape index (κ1) is 16.6. The maximum atomic E-state index is 12.3. The number of anilines is 1. The molecule has 4 rings (SSSR count). The van der Waals surface area contributed by atoms with E-state index in [1.807, 2.05) is 0 Å². The third kappa shape index (κ3) is 2.34. The second kappa shape index (κ2) is 5.10. The van der Waals surface area contributed by atoms with E-state index in [2.05, 4.69) is 38.7 Å². The van der Waals surface area contributed by atoms with Gasteiger partial charge in [-0.15, -0.1) is 0 Å². The summed E-state index contributed by atoms with van der Waals surface area (Å²) in [4.78, 5) is 26.2. The van der Waals surface area contributed by atoms with E-state index in [4.69, 9.17) is 16.0 Å². The summed E-state index contributed by atoms with van der Waals surface area (Å²) in [5.74, 6) is 0. The lowest BCUT2D eigenvalue weighted by Crippen LogP contribution is -2.44. The predicted octanol–water partition coefficient (Wildman–Crippen LogP) is 4.34. The summed E-state index contributed by atoms with van der Waals surface area (Å²) >= 11 is 5.57. The molecule has 0 aliphatic carbocycles. The highest BCUT2D eigenvalue weighted by atomic mass is 35.5. The molecule has 1 aromatic heterocycles. The smallest absolute Gasteiger partial charge is 0.348 e. The molecule has 4 nitrogen and oxygen atoms in total. The molecule has 2 aromatic rings. The maximum Gasteiger partial charge on any atom is 0.348 e. The number of carbonyl (C=O) groups excluding carboxylic acids is 1. The summed E-state index contributed by atoms with van der Waals surface area (Å²) < 4.78 is 5.64. The van der Waals surface area contributed by atoms with Gasteiger partial charge in [-0.05, 0) is 53.0 Å². The van der Waals surface area contributed by atoms with E-state index in [1.54, 1.807) is 6.07 Å². The lowest BCUT2D eigenvalue weighted by Gasteiger charge is -2.48. The van der Waals surface area contributed by atoms with Gasteiger partial charge in [-0.2, -0.15) is 0 Å². The molecule has 25 heavy (non-hydrogen) atoms. The molecule has 0 N–H and O–H groups in total. The van der Waals surface area contributed by atoms with E-state index in [0.717, 1.165) is 36.9 Å². The van der Waals surface area contributed by atoms with Crippen molar-refractivity contribution in [2.24, 2.45) is 0 Å². The average Bonchev–Trinajstić information content (AvgIpc) is 2.51. The number of fused-ring (bicyclic) bond motifs is 2. The van der Waals surface area contributed by atoms with Gasteiger partial charge >= 0.3 is 5.63 Å². The molecule has 132 valence electrons. The average molecular weight is 360 g/mol. The van der Waals surface area contributed by atoms with Gasteiger partial charge in [0.1, 0.15) is 11.1 Å². The molecule has 1 aromatic carbocycles. The molecule has 0 atom stereocenters. The highest BCUT2D eigenvalue weighted by Gasteiger charge is 2.41. The Morgan fingerprint density at radius 1 is 1.12 bits per heavy atom. The zero-order valence-corrected chi connectivity index (χ0v) is 15.8. The van der Waals surface area contributed by atoms with Gasteiger partial charge in [-0.3, -0.25) is 4.79 Å². The topological polar surface area (TPSA) is 50.5 Å². The van der Waals surface area contributed by atoms with Gasteiger partial charge in [0.05, 0.1) is 0 Å². The van der Waals surface area contributed by atoms with Crippen LogP contribution in [0.2, 0.25) is 0 Å². The molecule has 0 spiro atoms. The number of halogens is 1. The van der Waals surface area contributed by atoms with Gasteiger partial charge in [0, 0.05) is 29.7 Å². The Kier molecular flexibility index (Phi) is 3.40. The molecule has 3 heterocycles. The summed E-state index contributed by atoms with van der Waals surface area (Å²) in [6, 6.07) is 3.67. The van der Waals surface area contributed by atoms with Crippen LogP contribution in [-0.2, 0) is 10.8 Å². The monoisotopic (exact) mass is 359 g/mol. The minimum absolute atomic E-state index is 0.0312. The van der Waals surface area contributed by atoms with E-state index >= 15 is 0 Å². The molecule has 0 amide bonds. The van der Waals surface area contributed by atoms with E-state index in [9.17, 15) is 9.59 Å². The van der Waals surface area contributed by atoms with Crippen LogP contribution in [-0.4, -0.2) is 18.3 Å². The number of rotatable bonds is 1. The lowest BCUT2D eigenvalue weighted by molar-refractivity contribution is 0.107. The Balaban J connectivity index is 2.18. The van der Waals surface area contributed by atoms with Gasteiger partial charge in [-0.25, -0.2) is 4.79 Å². The van der Waals surface area contributed by atoms with Crippen LogP contribution in [0.15, 0.2) is 21.3 Å². The summed E-state index contributed by atoms with van der Waals surface area (Å²) in [6.07, 6.45) is 2.07. The van der Waals surface area contributed by atoms with Crippen LogP contribution < -0.4 is 10.5 Å². The van der Waals surface area contributed by atoms with Crippen LogP contribution in [0.3, 0.4) is 0 Å². The van der Waals surface area contributed by atoms with Crippen molar-refractivity contribution < 1.29 is 9.21 Å². The molecular formula is C20H22ClNO3. The Morgan fingerprint density at radius 2 is 1.76 bits per heavy atom. The molecule has 0 radical (unpaired) electrons. The Labute approximate surface area is 151 Å². The quantitative estimate of drug-likeness (QED) is 0.561. The van der Waals surface area contributed by atoms with Gasteiger partial charge in [0.15, 0.2) is 0 Å². The summed E-state index contributed by atoms with van der Waals surface area (Å²) in [5.41, 5.74) is 3.33. The molecule has 0 saturated heterocycles. The fraction of sp³-hybridized carbons (Fsp3) is 0.500. The van der Waals surface area contributed by atoms with Crippen molar-refractivity contribution in [3.8, 4) is 0 Å². The Morgan fingerprint density at radius 3 is 2.40 bits per heavy atom. The molecule has 5 heteroatoms. The second-order valence-corrected chi connectivity index (χ2v) is 8.89. The van der Waals surface area contributed by atoms with Gasteiger partial charge in [0.25, 0.3) is 5.24 Å². The minimum atomic E-state index is -0.776. The highest BCUT2D eigenvalue weighted by molar-refractivity contribution is 6.67. The van der Waals surface area contributed by atoms with Crippen molar-refractivity contribution in [1.82, 2.24) is 0 Å². The van der Waals surface area contributed by atoms with Crippen molar-refractivity contribution in [3.05, 3.63) is 39.2 Å². The Bertz CT molecular complexity index is 969. The fourth-order valence-electron chi connectivity index (χ4n) is 4.29. The number of hydrogen-bond acceptors (Lipinski definition) is 4.